The molecule has 0 unspecified atom stereocenters. The van der Waals surface area contributed by atoms with Crippen LogP contribution in [0.2, 0.25) is 5.02 Å². The summed E-state index contributed by atoms with van der Waals surface area (Å²) in [6.07, 6.45) is 2.66. The summed E-state index contributed by atoms with van der Waals surface area (Å²) in [6.45, 7) is 2.04. The number of rotatable bonds is 8. The first-order valence-electron chi connectivity index (χ1n) is 11.7. The summed E-state index contributed by atoms with van der Waals surface area (Å²) in [4.78, 5) is 23.8. The Morgan fingerprint density at radius 1 is 1.06 bits per heavy atom. The summed E-state index contributed by atoms with van der Waals surface area (Å²) < 4.78 is 1.79. The van der Waals surface area contributed by atoms with Crippen molar-refractivity contribution in [3.05, 3.63) is 83.0 Å². The van der Waals surface area contributed by atoms with Crippen LogP contribution in [0.5, 0.6) is 0 Å². The molecule has 182 valence electrons. The van der Waals surface area contributed by atoms with Crippen LogP contribution in [0.25, 0.3) is 33.3 Å². The SMILES string of the molecule is CN(C)CCCNC(=O)c1ccc(-c2ccc3nnn(Cc4ccc5ncccc5c4)c3n2)cc1Cl. The largest absolute Gasteiger partial charge is 0.352 e. The second kappa shape index (κ2) is 10.4. The van der Waals surface area contributed by atoms with E-state index in [4.69, 9.17) is 16.6 Å². The lowest BCUT2D eigenvalue weighted by molar-refractivity contribution is 0.0952. The average Bonchev–Trinajstić information content (AvgIpc) is 3.28. The number of nitrogens with one attached hydrogen (secondary N) is 1. The van der Waals surface area contributed by atoms with Crippen LogP contribution in [0.15, 0.2) is 66.9 Å². The van der Waals surface area contributed by atoms with Crippen molar-refractivity contribution >= 4 is 39.6 Å². The van der Waals surface area contributed by atoms with Crippen molar-refractivity contribution in [2.75, 3.05) is 27.2 Å². The lowest BCUT2D eigenvalue weighted by Crippen LogP contribution is -2.27. The van der Waals surface area contributed by atoms with Crippen molar-refractivity contribution < 1.29 is 4.79 Å². The molecule has 0 aliphatic carbocycles. The zero-order valence-corrected chi connectivity index (χ0v) is 20.9. The zero-order chi connectivity index (χ0) is 25.1. The molecule has 1 amide bonds. The zero-order valence-electron chi connectivity index (χ0n) is 20.1. The van der Waals surface area contributed by atoms with Crippen LogP contribution >= 0.6 is 11.6 Å². The molecule has 36 heavy (non-hydrogen) atoms. The van der Waals surface area contributed by atoms with E-state index in [-0.39, 0.29) is 5.91 Å². The van der Waals surface area contributed by atoms with E-state index >= 15 is 0 Å². The summed E-state index contributed by atoms with van der Waals surface area (Å²) in [5.74, 6) is -0.179. The molecule has 1 N–H and O–H groups in total. The van der Waals surface area contributed by atoms with E-state index in [1.807, 2.05) is 56.6 Å². The Morgan fingerprint density at radius 2 is 1.92 bits per heavy atom. The number of carbonyl (C=O) groups is 1. The Bertz CT molecular complexity index is 1550. The monoisotopic (exact) mass is 499 g/mol. The summed E-state index contributed by atoms with van der Waals surface area (Å²) in [5, 5.41) is 13.0. The lowest BCUT2D eigenvalue weighted by atomic mass is 10.1. The molecule has 0 aliphatic rings. The number of aromatic nitrogens is 5. The Labute approximate surface area is 213 Å². The first-order valence-corrected chi connectivity index (χ1v) is 12.1. The predicted molar refractivity (Wildman–Crippen MR) is 142 cm³/mol. The summed E-state index contributed by atoms with van der Waals surface area (Å²) in [7, 11) is 4.01. The predicted octanol–water partition coefficient (Wildman–Crippen LogP) is 4.42. The molecular weight excluding hydrogens is 474 g/mol. The van der Waals surface area contributed by atoms with Crippen LogP contribution in [0.1, 0.15) is 22.3 Å². The van der Waals surface area contributed by atoms with Gasteiger partial charge in [0.05, 0.1) is 28.3 Å². The Morgan fingerprint density at radius 3 is 2.75 bits per heavy atom. The van der Waals surface area contributed by atoms with Crippen molar-refractivity contribution in [3.8, 4) is 11.3 Å². The molecule has 0 fully saturated rings. The fourth-order valence-corrected chi connectivity index (χ4v) is 4.33. The fraction of sp³-hybridized carbons (Fsp3) is 0.222. The van der Waals surface area contributed by atoms with Gasteiger partial charge in [0.15, 0.2) is 5.65 Å². The third-order valence-electron chi connectivity index (χ3n) is 5.94. The molecule has 0 bridgehead atoms. The number of nitrogens with zero attached hydrogens (tertiary/aromatic N) is 6. The van der Waals surface area contributed by atoms with Gasteiger partial charge in [0.2, 0.25) is 0 Å². The van der Waals surface area contributed by atoms with Gasteiger partial charge in [-0.3, -0.25) is 9.78 Å². The number of pyridine rings is 2. The first kappa shape index (κ1) is 23.8. The second-order valence-corrected chi connectivity index (χ2v) is 9.33. The van der Waals surface area contributed by atoms with Gasteiger partial charge < -0.3 is 10.2 Å². The number of amides is 1. The molecule has 8 nitrogen and oxygen atoms in total. The number of carbonyl (C=O) groups excluding carboxylic acids is 1. The van der Waals surface area contributed by atoms with Crippen LogP contribution in [-0.2, 0) is 6.54 Å². The molecule has 2 aromatic carbocycles. The van der Waals surface area contributed by atoms with E-state index in [0.717, 1.165) is 40.7 Å². The average molecular weight is 500 g/mol. The van der Waals surface area contributed by atoms with Gasteiger partial charge in [-0.2, -0.15) is 0 Å². The molecule has 5 rings (SSSR count). The van der Waals surface area contributed by atoms with Crippen LogP contribution in [0.3, 0.4) is 0 Å². The van der Waals surface area contributed by atoms with Gasteiger partial charge in [-0.05, 0) is 75.1 Å². The van der Waals surface area contributed by atoms with E-state index in [1.165, 1.54) is 0 Å². The molecule has 0 aliphatic heterocycles. The first-order chi connectivity index (χ1) is 17.5. The van der Waals surface area contributed by atoms with Crippen molar-refractivity contribution in [2.24, 2.45) is 0 Å². The maximum absolute atomic E-state index is 12.5. The van der Waals surface area contributed by atoms with Gasteiger partial charge in [-0.15, -0.1) is 5.10 Å². The highest BCUT2D eigenvalue weighted by Crippen LogP contribution is 2.26. The van der Waals surface area contributed by atoms with E-state index in [9.17, 15) is 4.79 Å². The van der Waals surface area contributed by atoms with Gasteiger partial charge in [0.1, 0.15) is 5.52 Å². The topological polar surface area (TPSA) is 88.8 Å². The molecule has 0 spiro atoms. The van der Waals surface area contributed by atoms with E-state index in [0.29, 0.717) is 34.8 Å². The molecule has 0 saturated heterocycles. The van der Waals surface area contributed by atoms with Crippen LogP contribution in [0.4, 0.5) is 0 Å². The Kier molecular flexibility index (Phi) is 6.88. The molecule has 9 heteroatoms. The van der Waals surface area contributed by atoms with Crippen LogP contribution in [0, 0.1) is 0 Å². The molecule has 0 saturated carbocycles. The van der Waals surface area contributed by atoms with E-state index in [2.05, 4.69) is 31.6 Å². The Hall–Kier alpha value is -3.88. The van der Waals surface area contributed by atoms with Crippen molar-refractivity contribution in [1.82, 2.24) is 35.2 Å². The van der Waals surface area contributed by atoms with Gasteiger partial charge in [-0.1, -0.05) is 35.0 Å². The van der Waals surface area contributed by atoms with Gasteiger partial charge >= 0.3 is 0 Å². The van der Waals surface area contributed by atoms with Crippen molar-refractivity contribution in [1.29, 1.82) is 0 Å². The summed E-state index contributed by atoms with van der Waals surface area (Å²) in [5.41, 5.74) is 5.41. The minimum atomic E-state index is -0.179. The number of hydrogen-bond donors (Lipinski definition) is 1. The molecule has 3 aromatic heterocycles. The quantitative estimate of drug-likeness (QED) is 0.318. The maximum atomic E-state index is 12.5. The van der Waals surface area contributed by atoms with Crippen molar-refractivity contribution in [2.45, 2.75) is 13.0 Å². The third-order valence-corrected chi connectivity index (χ3v) is 6.25. The van der Waals surface area contributed by atoms with Gasteiger partial charge in [0.25, 0.3) is 5.91 Å². The molecule has 0 atom stereocenters. The number of benzene rings is 2. The number of halogens is 1. The maximum Gasteiger partial charge on any atom is 0.252 e. The summed E-state index contributed by atoms with van der Waals surface area (Å²) in [6, 6.07) is 19.3. The molecule has 5 aromatic rings. The van der Waals surface area contributed by atoms with E-state index < -0.39 is 0 Å². The fourth-order valence-electron chi connectivity index (χ4n) is 4.07. The Balaban J connectivity index is 1.36. The van der Waals surface area contributed by atoms with Crippen LogP contribution in [-0.4, -0.2) is 63.0 Å². The highest BCUT2D eigenvalue weighted by Gasteiger charge is 2.14. The third kappa shape index (κ3) is 5.19. The normalized spacial score (nSPS) is 11.4. The van der Waals surface area contributed by atoms with Crippen molar-refractivity contribution in [3.63, 3.8) is 0 Å². The minimum absolute atomic E-state index is 0.179. The number of hydrogen-bond acceptors (Lipinski definition) is 6. The van der Waals surface area contributed by atoms with Gasteiger partial charge in [0, 0.05) is 23.7 Å². The molecular formula is C27H26ClN7O. The van der Waals surface area contributed by atoms with E-state index in [1.54, 1.807) is 23.0 Å². The highest BCUT2D eigenvalue weighted by atomic mass is 35.5. The lowest BCUT2D eigenvalue weighted by Gasteiger charge is -2.11. The number of fused-ring (bicyclic) bond motifs is 2. The minimum Gasteiger partial charge on any atom is -0.352 e. The highest BCUT2D eigenvalue weighted by molar-refractivity contribution is 6.34. The molecule has 3 heterocycles. The molecule has 0 radical (unpaired) electrons. The smallest absolute Gasteiger partial charge is 0.252 e. The van der Waals surface area contributed by atoms with Crippen LogP contribution < -0.4 is 5.32 Å². The summed E-state index contributed by atoms with van der Waals surface area (Å²) >= 11 is 6.49. The standard InChI is InChI=1S/C27H26ClN7O/c1-34(2)14-4-13-30-27(36)21-8-7-20(16-22(21)28)24-10-11-25-26(31-24)35(33-32-25)17-18-6-9-23-19(15-18)5-3-12-29-23/h3,5-12,15-16H,4,13-14,17H2,1-2H3,(H,30,36). The van der Waals surface area contributed by atoms with Gasteiger partial charge in [-0.25, -0.2) is 9.67 Å². The second-order valence-electron chi connectivity index (χ2n) is 8.92.